The molecule has 2 aliphatic carbocycles. The number of hydrogen-bond acceptors (Lipinski definition) is 0. The van der Waals surface area contributed by atoms with Crippen molar-refractivity contribution in [2.45, 2.75) is 71.6 Å². The highest BCUT2D eigenvalue weighted by atomic mass is 14.3. The molecule has 0 saturated heterocycles. The van der Waals surface area contributed by atoms with Crippen LogP contribution in [-0.4, -0.2) is 0 Å². The second-order valence-electron chi connectivity index (χ2n) is 6.30. The van der Waals surface area contributed by atoms with Crippen molar-refractivity contribution in [2.24, 2.45) is 17.8 Å². The van der Waals surface area contributed by atoms with E-state index >= 15 is 0 Å². The molecule has 2 aliphatic rings. The van der Waals surface area contributed by atoms with Crippen LogP contribution in [0.3, 0.4) is 0 Å². The summed E-state index contributed by atoms with van der Waals surface area (Å²) in [6.45, 7) is 4.78. The Morgan fingerprint density at radius 2 is 1.56 bits per heavy atom. The van der Waals surface area contributed by atoms with Gasteiger partial charge in [-0.3, -0.25) is 0 Å². The third kappa shape index (κ3) is 3.37. The zero-order valence-corrected chi connectivity index (χ0v) is 11.2. The van der Waals surface area contributed by atoms with Crippen molar-refractivity contribution < 1.29 is 0 Å². The van der Waals surface area contributed by atoms with E-state index in [1.807, 2.05) is 0 Å². The molecule has 2 saturated carbocycles. The van der Waals surface area contributed by atoms with Crippen molar-refractivity contribution in [2.75, 3.05) is 0 Å². The molecule has 0 nitrogen and oxygen atoms in total. The molecule has 0 spiro atoms. The zero-order chi connectivity index (χ0) is 11.4. The van der Waals surface area contributed by atoms with Gasteiger partial charge >= 0.3 is 0 Å². The van der Waals surface area contributed by atoms with E-state index in [1.54, 1.807) is 5.57 Å². The van der Waals surface area contributed by atoms with Crippen molar-refractivity contribution in [3.05, 3.63) is 11.6 Å². The molecular formula is C16H28. The number of rotatable bonds is 2. The fourth-order valence-electron chi connectivity index (χ4n) is 3.48. The van der Waals surface area contributed by atoms with Gasteiger partial charge in [-0.05, 0) is 56.3 Å². The molecule has 0 bridgehead atoms. The molecule has 0 aromatic carbocycles. The van der Waals surface area contributed by atoms with Gasteiger partial charge in [-0.1, -0.05) is 44.8 Å². The van der Waals surface area contributed by atoms with E-state index in [4.69, 9.17) is 0 Å². The van der Waals surface area contributed by atoms with Crippen LogP contribution in [0.5, 0.6) is 0 Å². The second kappa shape index (κ2) is 5.89. The van der Waals surface area contributed by atoms with Gasteiger partial charge in [0.05, 0.1) is 0 Å². The Bertz CT molecular complexity index is 220. The van der Waals surface area contributed by atoms with Gasteiger partial charge in [0.25, 0.3) is 0 Å². The van der Waals surface area contributed by atoms with Gasteiger partial charge < -0.3 is 0 Å². The maximum absolute atomic E-state index is 2.66. The lowest BCUT2D eigenvalue weighted by Gasteiger charge is -2.28. The van der Waals surface area contributed by atoms with E-state index < -0.39 is 0 Å². The first-order chi connectivity index (χ1) is 7.75. The van der Waals surface area contributed by atoms with Crippen LogP contribution in [0.25, 0.3) is 0 Å². The number of allylic oxidation sites excluding steroid dienone is 2. The van der Waals surface area contributed by atoms with Crippen molar-refractivity contribution >= 4 is 0 Å². The first-order valence-corrected chi connectivity index (χ1v) is 7.45. The Hall–Kier alpha value is -0.260. The molecular weight excluding hydrogens is 192 g/mol. The molecule has 0 heterocycles. The molecule has 0 amide bonds. The predicted molar refractivity (Wildman–Crippen MR) is 71.5 cm³/mol. The standard InChI is InChI=1S/C16H28/c1-13(2)16-10-8-15(9-11-16)12-14-6-4-3-5-7-14/h12-14,16H,3-11H2,1-2H3. The Balaban J connectivity index is 1.81. The van der Waals surface area contributed by atoms with Crippen molar-refractivity contribution in [1.82, 2.24) is 0 Å². The predicted octanol–water partition coefficient (Wildman–Crippen LogP) is 5.34. The molecule has 0 atom stereocenters. The first-order valence-electron chi connectivity index (χ1n) is 7.45. The van der Waals surface area contributed by atoms with Crippen LogP contribution < -0.4 is 0 Å². The fraction of sp³-hybridized carbons (Fsp3) is 0.875. The molecule has 0 radical (unpaired) electrons. The van der Waals surface area contributed by atoms with Crippen LogP contribution >= 0.6 is 0 Å². The lowest BCUT2D eigenvalue weighted by molar-refractivity contribution is 0.308. The Morgan fingerprint density at radius 3 is 2.12 bits per heavy atom. The first kappa shape index (κ1) is 12.2. The minimum Gasteiger partial charge on any atom is -0.0822 e. The van der Waals surface area contributed by atoms with E-state index in [0.29, 0.717) is 0 Å². The second-order valence-corrected chi connectivity index (χ2v) is 6.30. The third-order valence-electron chi connectivity index (χ3n) is 4.74. The Kier molecular flexibility index (Phi) is 4.49. The zero-order valence-electron chi connectivity index (χ0n) is 11.2. The quantitative estimate of drug-likeness (QED) is 0.551. The summed E-state index contributed by atoms with van der Waals surface area (Å²) in [4.78, 5) is 0. The topological polar surface area (TPSA) is 0 Å². The van der Waals surface area contributed by atoms with Crippen LogP contribution in [0, 0.1) is 17.8 Å². The Morgan fingerprint density at radius 1 is 0.938 bits per heavy atom. The highest BCUT2D eigenvalue weighted by Crippen LogP contribution is 2.35. The summed E-state index contributed by atoms with van der Waals surface area (Å²) in [6.07, 6.45) is 15.7. The maximum atomic E-state index is 2.66. The van der Waals surface area contributed by atoms with Gasteiger partial charge in [-0.25, -0.2) is 0 Å². The highest BCUT2D eigenvalue weighted by molar-refractivity contribution is 5.08. The minimum absolute atomic E-state index is 0.899. The van der Waals surface area contributed by atoms with Crippen LogP contribution in [0.2, 0.25) is 0 Å². The van der Waals surface area contributed by atoms with E-state index in [9.17, 15) is 0 Å². The van der Waals surface area contributed by atoms with Crippen molar-refractivity contribution in [3.8, 4) is 0 Å². The van der Waals surface area contributed by atoms with Gasteiger partial charge in [0.2, 0.25) is 0 Å². The molecule has 16 heavy (non-hydrogen) atoms. The average Bonchev–Trinajstić information content (AvgIpc) is 2.31. The molecule has 0 aromatic heterocycles. The van der Waals surface area contributed by atoms with Gasteiger partial charge in [0.15, 0.2) is 0 Å². The van der Waals surface area contributed by atoms with E-state index in [1.165, 1.54) is 57.8 Å². The SMILES string of the molecule is CC(C)C1CCC(=CC2CCCCC2)CC1. The van der Waals surface area contributed by atoms with Gasteiger partial charge in [0.1, 0.15) is 0 Å². The maximum Gasteiger partial charge on any atom is -0.0231 e. The number of hydrogen-bond donors (Lipinski definition) is 0. The average molecular weight is 220 g/mol. The summed E-state index contributed by atoms with van der Waals surface area (Å²) in [5, 5.41) is 0. The molecule has 0 N–H and O–H groups in total. The van der Waals surface area contributed by atoms with E-state index in [0.717, 1.165) is 17.8 Å². The summed E-state index contributed by atoms with van der Waals surface area (Å²) in [5.74, 6) is 2.85. The molecule has 0 aliphatic heterocycles. The van der Waals surface area contributed by atoms with Crippen LogP contribution in [0.15, 0.2) is 11.6 Å². The molecule has 0 aromatic rings. The lowest BCUT2D eigenvalue weighted by Crippen LogP contribution is -2.14. The summed E-state index contributed by atoms with van der Waals surface area (Å²) < 4.78 is 0. The lowest BCUT2D eigenvalue weighted by atomic mass is 9.78. The fourth-order valence-corrected chi connectivity index (χ4v) is 3.48. The Labute approximate surface area is 102 Å². The van der Waals surface area contributed by atoms with Gasteiger partial charge in [-0.2, -0.15) is 0 Å². The summed E-state index contributed by atoms with van der Waals surface area (Å²) in [7, 11) is 0. The molecule has 0 heteroatoms. The van der Waals surface area contributed by atoms with Gasteiger partial charge in [0, 0.05) is 0 Å². The molecule has 0 unspecified atom stereocenters. The van der Waals surface area contributed by atoms with Crippen LogP contribution in [-0.2, 0) is 0 Å². The third-order valence-corrected chi connectivity index (χ3v) is 4.74. The largest absolute Gasteiger partial charge is 0.0822 e. The smallest absolute Gasteiger partial charge is 0.0231 e. The van der Waals surface area contributed by atoms with Gasteiger partial charge in [-0.15, -0.1) is 0 Å². The normalized spacial score (nSPS) is 28.4. The van der Waals surface area contributed by atoms with Crippen molar-refractivity contribution in [1.29, 1.82) is 0 Å². The highest BCUT2D eigenvalue weighted by Gasteiger charge is 2.20. The molecule has 2 fully saturated rings. The molecule has 2 rings (SSSR count). The van der Waals surface area contributed by atoms with E-state index in [-0.39, 0.29) is 0 Å². The molecule has 92 valence electrons. The van der Waals surface area contributed by atoms with Crippen LogP contribution in [0.4, 0.5) is 0 Å². The van der Waals surface area contributed by atoms with E-state index in [2.05, 4.69) is 19.9 Å². The summed E-state index contributed by atoms with van der Waals surface area (Å²) in [6, 6.07) is 0. The summed E-state index contributed by atoms with van der Waals surface area (Å²) in [5.41, 5.74) is 1.80. The van der Waals surface area contributed by atoms with Crippen LogP contribution in [0.1, 0.15) is 71.6 Å². The summed E-state index contributed by atoms with van der Waals surface area (Å²) >= 11 is 0. The van der Waals surface area contributed by atoms with Crippen molar-refractivity contribution in [3.63, 3.8) is 0 Å². The monoisotopic (exact) mass is 220 g/mol. The minimum atomic E-state index is 0.899.